The van der Waals surface area contributed by atoms with E-state index in [1.807, 2.05) is 0 Å². The zero-order valence-electron chi connectivity index (χ0n) is 11.9. The Morgan fingerprint density at radius 2 is 1.75 bits per heavy atom. The third-order valence-electron chi connectivity index (χ3n) is 3.93. The first kappa shape index (κ1) is 15.1. The maximum Gasteiger partial charge on any atom is 0.153 e. The average Bonchev–Trinajstić information content (AvgIpc) is 2.81. The van der Waals surface area contributed by atoms with Gasteiger partial charge in [0, 0.05) is 12.3 Å². The van der Waals surface area contributed by atoms with Crippen LogP contribution in [0, 0.1) is 0 Å². The van der Waals surface area contributed by atoms with Crippen molar-refractivity contribution < 1.29 is 23.0 Å². The normalized spacial score (nSPS) is 26.5. The summed E-state index contributed by atoms with van der Waals surface area (Å²) in [5.41, 5.74) is -0.850. The van der Waals surface area contributed by atoms with Crippen LogP contribution in [0.15, 0.2) is 18.2 Å². The summed E-state index contributed by atoms with van der Waals surface area (Å²) in [6, 6.07) is 5.04. The molecule has 1 aliphatic carbocycles. The molecule has 0 amide bonds. The highest BCUT2D eigenvalue weighted by molar-refractivity contribution is 7.91. The maximum absolute atomic E-state index is 11.9. The highest BCUT2D eigenvalue weighted by Crippen LogP contribution is 2.44. The number of sulfone groups is 1. The average molecular weight is 300 g/mol. The maximum atomic E-state index is 11.9. The van der Waals surface area contributed by atoms with Crippen LogP contribution in [0.3, 0.4) is 0 Å². The van der Waals surface area contributed by atoms with Crippen molar-refractivity contribution in [3.05, 3.63) is 23.8 Å². The van der Waals surface area contributed by atoms with Crippen LogP contribution in [0.1, 0.15) is 24.8 Å². The number of hydrogen-bond acceptors (Lipinski definition) is 5. The number of hydrogen-bond donors (Lipinski definition) is 1. The van der Waals surface area contributed by atoms with Crippen LogP contribution in [0.5, 0.6) is 11.5 Å². The van der Waals surface area contributed by atoms with Gasteiger partial charge in [-0.25, -0.2) is 8.42 Å². The Kier molecular flexibility index (Phi) is 3.97. The number of methoxy groups -OCH3 is 2. The molecule has 0 aliphatic heterocycles. The minimum absolute atomic E-state index is 0.418. The third-order valence-corrected chi connectivity index (χ3v) is 5.58. The van der Waals surface area contributed by atoms with Gasteiger partial charge >= 0.3 is 0 Å². The van der Waals surface area contributed by atoms with E-state index in [1.165, 1.54) is 20.5 Å². The lowest BCUT2D eigenvalue weighted by molar-refractivity contribution is 0.0472. The SMILES string of the molecule is COc1cc(OC)cc(C2(O)CCCC2S(C)(=O)=O)c1. The second kappa shape index (κ2) is 5.26. The quantitative estimate of drug-likeness (QED) is 0.912. The lowest BCUT2D eigenvalue weighted by atomic mass is 9.91. The third kappa shape index (κ3) is 2.62. The topological polar surface area (TPSA) is 72.8 Å². The van der Waals surface area contributed by atoms with Crippen molar-refractivity contribution >= 4 is 9.84 Å². The van der Waals surface area contributed by atoms with Crippen molar-refractivity contribution in [2.24, 2.45) is 0 Å². The second-order valence-corrected chi connectivity index (χ2v) is 7.46. The molecule has 0 radical (unpaired) electrons. The first-order valence-corrected chi connectivity index (χ1v) is 8.41. The minimum Gasteiger partial charge on any atom is -0.497 e. The van der Waals surface area contributed by atoms with Gasteiger partial charge in [-0.05, 0) is 37.0 Å². The zero-order chi connectivity index (χ0) is 15.0. The smallest absolute Gasteiger partial charge is 0.153 e. The molecule has 2 atom stereocenters. The Morgan fingerprint density at radius 3 is 2.20 bits per heavy atom. The van der Waals surface area contributed by atoms with Crippen LogP contribution in [0.2, 0.25) is 0 Å². The van der Waals surface area contributed by atoms with Gasteiger partial charge in [-0.3, -0.25) is 0 Å². The molecule has 20 heavy (non-hydrogen) atoms. The highest BCUT2D eigenvalue weighted by Gasteiger charge is 2.48. The van der Waals surface area contributed by atoms with Crippen molar-refractivity contribution in [1.29, 1.82) is 0 Å². The molecule has 6 heteroatoms. The van der Waals surface area contributed by atoms with E-state index in [0.29, 0.717) is 36.3 Å². The van der Waals surface area contributed by atoms with Crippen LogP contribution >= 0.6 is 0 Å². The fraction of sp³-hybridized carbons (Fsp3) is 0.571. The number of ether oxygens (including phenoxy) is 2. The molecule has 0 saturated heterocycles. The molecule has 2 rings (SSSR count). The standard InChI is InChI=1S/C14H20O5S/c1-18-11-7-10(8-12(9-11)19-2)14(15)6-4-5-13(14)20(3,16)17/h7-9,13,15H,4-6H2,1-3H3. The Morgan fingerprint density at radius 1 is 1.20 bits per heavy atom. The van der Waals surface area contributed by atoms with Crippen molar-refractivity contribution in [3.8, 4) is 11.5 Å². The van der Waals surface area contributed by atoms with E-state index < -0.39 is 20.7 Å². The Balaban J connectivity index is 2.53. The Bertz CT molecular complexity index is 573. The monoisotopic (exact) mass is 300 g/mol. The lowest BCUT2D eigenvalue weighted by Crippen LogP contribution is -2.39. The summed E-state index contributed by atoms with van der Waals surface area (Å²) in [6.07, 6.45) is 2.73. The summed E-state index contributed by atoms with van der Waals surface area (Å²) in [5, 5.41) is 10.1. The fourth-order valence-corrected chi connectivity index (χ4v) is 4.47. The van der Waals surface area contributed by atoms with Crippen LogP contribution in [0.25, 0.3) is 0 Å². The van der Waals surface area contributed by atoms with Crippen molar-refractivity contribution in [2.75, 3.05) is 20.5 Å². The van der Waals surface area contributed by atoms with Gasteiger partial charge < -0.3 is 14.6 Å². The van der Waals surface area contributed by atoms with E-state index in [1.54, 1.807) is 18.2 Å². The van der Waals surface area contributed by atoms with Gasteiger partial charge in [0.2, 0.25) is 0 Å². The number of benzene rings is 1. The predicted octanol–water partition coefficient (Wildman–Crippen LogP) is 1.49. The molecule has 1 saturated carbocycles. The highest BCUT2D eigenvalue weighted by atomic mass is 32.2. The number of aliphatic hydroxyl groups is 1. The molecule has 5 nitrogen and oxygen atoms in total. The summed E-state index contributed by atoms with van der Waals surface area (Å²) in [6.45, 7) is 0. The van der Waals surface area contributed by atoms with Crippen LogP contribution in [-0.4, -0.2) is 39.2 Å². The molecule has 1 aromatic rings. The van der Waals surface area contributed by atoms with Gasteiger partial charge in [0.15, 0.2) is 9.84 Å². The van der Waals surface area contributed by atoms with E-state index in [4.69, 9.17) is 9.47 Å². The van der Waals surface area contributed by atoms with E-state index >= 15 is 0 Å². The van der Waals surface area contributed by atoms with Crippen molar-refractivity contribution in [1.82, 2.24) is 0 Å². The van der Waals surface area contributed by atoms with Gasteiger partial charge in [-0.1, -0.05) is 0 Å². The van der Waals surface area contributed by atoms with Crippen LogP contribution in [-0.2, 0) is 15.4 Å². The summed E-state index contributed by atoms with van der Waals surface area (Å²) < 4.78 is 34.2. The zero-order valence-corrected chi connectivity index (χ0v) is 12.7. The molecule has 112 valence electrons. The van der Waals surface area contributed by atoms with Crippen molar-refractivity contribution in [2.45, 2.75) is 30.1 Å². The van der Waals surface area contributed by atoms with E-state index in [2.05, 4.69) is 0 Å². The summed E-state index contributed by atoms with van der Waals surface area (Å²) in [4.78, 5) is 0. The van der Waals surface area contributed by atoms with E-state index in [0.717, 1.165) is 0 Å². The van der Waals surface area contributed by atoms with Gasteiger partial charge in [-0.2, -0.15) is 0 Å². The summed E-state index contributed by atoms with van der Waals surface area (Å²) in [7, 11) is -0.291. The summed E-state index contributed by atoms with van der Waals surface area (Å²) in [5.74, 6) is 1.07. The van der Waals surface area contributed by atoms with Crippen LogP contribution in [0.4, 0.5) is 0 Å². The van der Waals surface area contributed by atoms with Crippen LogP contribution < -0.4 is 9.47 Å². The molecule has 1 aromatic carbocycles. The van der Waals surface area contributed by atoms with Gasteiger partial charge in [0.05, 0.1) is 19.5 Å². The molecular formula is C14H20O5S. The van der Waals surface area contributed by atoms with Crippen molar-refractivity contribution in [3.63, 3.8) is 0 Å². The van der Waals surface area contributed by atoms with E-state index in [9.17, 15) is 13.5 Å². The molecule has 1 aliphatic rings. The molecule has 1 N–H and O–H groups in total. The molecular weight excluding hydrogens is 280 g/mol. The van der Waals surface area contributed by atoms with Gasteiger partial charge in [0.1, 0.15) is 17.1 Å². The Labute approximate surface area is 119 Å². The predicted molar refractivity (Wildman–Crippen MR) is 75.9 cm³/mol. The number of rotatable bonds is 4. The summed E-state index contributed by atoms with van der Waals surface area (Å²) >= 11 is 0. The molecule has 0 spiro atoms. The first-order chi connectivity index (χ1) is 9.31. The lowest BCUT2D eigenvalue weighted by Gasteiger charge is -2.30. The fourth-order valence-electron chi connectivity index (χ4n) is 2.91. The molecule has 0 heterocycles. The van der Waals surface area contributed by atoms with Gasteiger partial charge in [0.25, 0.3) is 0 Å². The molecule has 2 unspecified atom stereocenters. The minimum atomic E-state index is -3.33. The molecule has 1 fully saturated rings. The molecule has 0 aromatic heterocycles. The largest absolute Gasteiger partial charge is 0.497 e. The first-order valence-electron chi connectivity index (χ1n) is 6.46. The Hall–Kier alpha value is -1.27. The second-order valence-electron chi connectivity index (χ2n) is 5.24. The molecule has 0 bridgehead atoms. The van der Waals surface area contributed by atoms with E-state index in [-0.39, 0.29) is 0 Å². The van der Waals surface area contributed by atoms with Gasteiger partial charge in [-0.15, -0.1) is 0 Å².